The van der Waals surface area contributed by atoms with Crippen LogP contribution in [0.4, 0.5) is 10.1 Å². The van der Waals surface area contributed by atoms with Crippen LogP contribution in [-0.4, -0.2) is 55.4 Å². The lowest BCUT2D eigenvalue weighted by Gasteiger charge is -2.26. The SMILES string of the molecule is Cn1c(=O)c2nc(-c3ccc(NCCCN4CCCCC4)cc3)nnc2n(-c2ccc(F)cc2)c1=O. The van der Waals surface area contributed by atoms with Crippen LogP contribution in [-0.2, 0) is 7.05 Å². The van der Waals surface area contributed by atoms with Crippen LogP contribution in [0.3, 0.4) is 0 Å². The van der Waals surface area contributed by atoms with Gasteiger partial charge in [-0.25, -0.2) is 18.7 Å². The number of benzene rings is 2. The van der Waals surface area contributed by atoms with E-state index in [1.807, 2.05) is 24.3 Å². The smallest absolute Gasteiger partial charge is 0.337 e. The van der Waals surface area contributed by atoms with Crippen molar-refractivity contribution in [3.8, 4) is 17.1 Å². The lowest BCUT2D eigenvalue weighted by Crippen LogP contribution is -2.38. The third-order valence-corrected chi connectivity index (χ3v) is 6.52. The van der Waals surface area contributed by atoms with Gasteiger partial charge < -0.3 is 10.2 Å². The van der Waals surface area contributed by atoms with Gasteiger partial charge in [0.2, 0.25) is 0 Å². The van der Waals surface area contributed by atoms with E-state index in [2.05, 4.69) is 25.4 Å². The van der Waals surface area contributed by atoms with Crippen LogP contribution < -0.4 is 16.6 Å². The summed E-state index contributed by atoms with van der Waals surface area (Å²) in [7, 11) is 1.37. The summed E-state index contributed by atoms with van der Waals surface area (Å²) in [5.74, 6) is -0.159. The molecule has 1 saturated heterocycles. The molecule has 0 atom stereocenters. The van der Waals surface area contributed by atoms with E-state index in [-0.39, 0.29) is 17.0 Å². The molecule has 1 aliphatic heterocycles. The van der Waals surface area contributed by atoms with Crippen molar-refractivity contribution in [3.63, 3.8) is 0 Å². The van der Waals surface area contributed by atoms with Gasteiger partial charge in [-0.3, -0.25) is 9.36 Å². The minimum absolute atomic E-state index is 0.00587. The Balaban J connectivity index is 1.36. The lowest BCUT2D eigenvalue weighted by molar-refractivity contribution is 0.228. The Morgan fingerprint density at radius 2 is 1.67 bits per heavy atom. The van der Waals surface area contributed by atoms with E-state index in [0.29, 0.717) is 11.3 Å². The molecule has 1 fully saturated rings. The molecule has 2 aromatic carbocycles. The highest BCUT2D eigenvalue weighted by atomic mass is 19.1. The number of likely N-dealkylation sites (tertiary alicyclic amines) is 1. The summed E-state index contributed by atoms with van der Waals surface area (Å²) in [6, 6.07) is 13.0. The van der Waals surface area contributed by atoms with E-state index < -0.39 is 17.1 Å². The quantitative estimate of drug-likeness (QED) is 0.399. The number of fused-ring (bicyclic) bond motifs is 1. The highest BCUT2D eigenvalue weighted by molar-refractivity contribution is 5.73. The molecule has 1 aliphatic rings. The molecule has 10 heteroatoms. The van der Waals surface area contributed by atoms with Crippen molar-refractivity contribution < 1.29 is 4.39 Å². The number of halogens is 1. The highest BCUT2D eigenvalue weighted by Gasteiger charge is 2.17. The maximum absolute atomic E-state index is 13.4. The molecule has 9 nitrogen and oxygen atoms in total. The van der Waals surface area contributed by atoms with Crippen LogP contribution >= 0.6 is 0 Å². The van der Waals surface area contributed by atoms with E-state index in [0.717, 1.165) is 29.8 Å². The zero-order valence-corrected chi connectivity index (χ0v) is 20.2. The normalized spacial score (nSPS) is 14.3. The fourth-order valence-electron chi connectivity index (χ4n) is 4.50. The first-order valence-electron chi connectivity index (χ1n) is 12.2. The van der Waals surface area contributed by atoms with Crippen LogP contribution in [0.1, 0.15) is 25.7 Å². The Kier molecular flexibility index (Phi) is 6.86. The third-order valence-electron chi connectivity index (χ3n) is 6.52. The monoisotopic (exact) mass is 489 g/mol. The molecule has 0 aliphatic carbocycles. The molecule has 2 aromatic heterocycles. The first-order chi connectivity index (χ1) is 17.5. The Labute approximate surface area is 207 Å². The van der Waals surface area contributed by atoms with Gasteiger partial charge in [0.15, 0.2) is 17.0 Å². The number of hydrogen-bond donors (Lipinski definition) is 1. The Bertz CT molecular complexity index is 1470. The maximum atomic E-state index is 13.4. The van der Waals surface area contributed by atoms with Gasteiger partial charge in [-0.1, -0.05) is 6.42 Å². The average molecular weight is 490 g/mol. The number of anilines is 1. The van der Waals surface area contributed by atoms with E-state index in [1.165, 1.54) is 68.2 Å². The Morgan fingerprint density at radius 1 is 0.944 bits per heavy atom. The van der Waals surface area contributed by atoms with E-state index in [4.69, 9.17) is 0 Å². The van der Waals surface area contributed by atoms with Gasteiger partial charge in [-0.15, -0.1) is 10.2 Å². The third kappa shape index (κ3) is 4.90. The van der Waals surface area contributed by atoms with Crippen molar-refractivity contribution in [1.29, 1.82) is 0 Å². The maximum Gasteiger partial charge on any atom is 0.337 e. The number of rotatable bonds is 7. The summed E-state index contributed by atoms with van der Waals surface area (Å²) in [5.41, 5.74) is 0.894. The molecule has 3 heterocycles. The zero-order valence-electron chi connectivity index (χ0n) is 20.2. The molecule has 1 N–H and O–H groups in total. The second kappa shape index (κ2) is 10.4. The zero-order chi connectivity index (χ0) is 25.1. The molecule has 4 aromatic rings. The lowest BCUT2D eigenvalue weighted by atomic mass is 10.1. The van der Waals surface area contributed by atoms with Crippen molar-refractivity contribution in [1.82, 2.24) is 29.2 Å². The largest absolute Gasteiger partial charge is 0.385 e. The van der Waals surface area contributed by atoms with Crippen LogP contribution in [0, 0.1) is 5.82 Å². The summed E-state index contributed by atoms with van der Waals surface area (Å²) in [5, 5.41) is 11.8. The van der Waals surface area contributed by atoms with E-state index in [1.54, 1.807) is 0 Å². The number of piperidine rings is 1. The second-order valence-corrected chi connectivity index (χ2v) is 9.03. The summed E-state index contributed by atoms with van der Waals surface area (Å²) in [6.07, 6.45) is 5.03. The minimum Gasteiger partial charge on any atom is -0.385 e. The Hall–Kier alpha value is -3.92. The number of aromatic nitrogens is 5. The summed E-state index contributed by atoms with van der Waals surface area (Å²) in [6.45, 7) is 4.41. The van der Waals surface area contributed by atoms with Gasteiger partial charge in [-0.05, 0) is 87.4 Å². The first-order valence-corrected chi connectivity index (χ1v) is 12.2. The van der Waals surface area contributed by atoms with Crippen molar-refractivity contribution in [3.05, 3.63) is 75.2 Å². The van der Waals surface area contributed by atoms with Gasteiger partial charge in [0.25, 0.3) is 5.56 Å². The molecular weight excluding hydrogens is 461 g/mol. The molecular formula is C26H28FN7O2. The van der Waals surface area contributed by atoms with Gasteiger partial charge >= 0.3 is 5.69 Å². The van der Waals surface area contributed by atoms with Gasteiger partial charge in [0, 0.05) is 24.8 Å². The first kappa shape index (κ1) is 23.8. The number of nitrogens with zero attached hydrogens (tertiary/aromatic N) is 6. The van der Waals surface area contributed by atoms with E-state index in [9.17, 15) is 14.0 Å². The topological polar surface area (TPSA) is 97.9 Å². The predicted molar refractivity (Wildman–Crippen MR) is 137 cm³/mol. The average Bonchev–Trinajstić information content (AvgIpc) is 2.92. The molecule has 0 amide bonds. The van der Waals surface area contributed by atoms with Gasteiger partial charge in [0.1, 0.15) is 5.82 Å². The van der Waals surface area contributed by atoms with Gasteiger partial charge in [-0.2, -0.15) is 0 Å². The number of hydrogen-bond acceptors (Lipinski definition) is 7. The van der Waals surface area contributed by atoms with Crippen LogP contribution in [0.5, 0.6) is 0 Å². The fraction of sp³-hybridized carbons (Fsp3) is 0.346. The molecule has 5 rings (SSSR count). The molecule has 186 valence electrons. The van der Waals surface area contributed by atoms with Crippen LogP contribution in [0.2, 0.25) is 0 Å². The fourth-order valence-corrected chi connectivity index (χ4v) is 4.50. The highest BCUT2D eigenvalue weighted by Crippen LogP contribution is 2.19. The molecule has 0 radical (unpaired) electrons. The van der Waals surface area contributed by atoms with Crippen LogP contribution in [0.25, 0.3) is 28.2 Å². The molecule has 0 bridgehead atoms. The summed E-state index contributed by atoms with van der Waals surface area (Å²) in [4.78, 5) is 32.6. The Morgan fingerprint density at radius 3 is 2.39 bits per heavy atom. The van der Waals surface area contributed by atoms with Crippen LogP contribution in [0.15, 0.2) is 58.1 Å². The minimum atomic E-state index is -0.612. The second-order valence-electron chi connectivity index (χ2n) is 9.03. The summed E-state index contributed by atoms with van der Waals surface area (Å²) >= 11 is 0. The predicted octanol–water partition coefficient (Wildman–Crippen LogP) is 2.97. The molecule has 0 unspecified atom stereocenters. The summed E-state index contributed by atoms with van der Waals surface area (Å²) < 4.78 is 15.6. The van der Waals surface area contributed by atoms with E-state index >= 15 is 0 Å². The molecule has 36 heavy (non-hydrogen) atoms. The molecule has 0 saturated carbocycles. The standard InChI is InChI=1S/C26H28FN7O2/c1-32-25(35)22-24(34(26(32)36)21-12-8-19(27)9-13-21)31-30-23(29-22)18-6-10-20(11-7-18)28-14-5-17-33-15-3-2-4-16-33/h6-13,28H,2-5,14-17H2,1H3. The van der Waals surface area contributed by atoms with Crippen molar-refractivity contribution in [2.45, 2.75) is 25.7 Å². The molecule has 0 spiro atoms. The van der Waals surface area contributed by atoms with Crippen molar-refractivity contribution in [2.24, 2.45) is 7.05 Å². The van der Waals surface area contributed by atoms with Gasteiger partial charge in [0.05, 0.1) is 5.69 Å². The van der Waals surface area contributed by atoms with Crippen molar-refractivity contribution in [2.75, 3.05) is 31.5 Å². The number of nitrogens with one attached hydrogen (secondary N) is 1. The van der Waals surface area contributed by atoms with Crippen molar-refractivity contribution >= 4 is 16.9 Å².